The second-order valence-electron chi connectivity index (χ2n) is 8.82. The van der Waals surface area contributed by atoms with Gasteiger partial charge in [-0.25, -0.2) is 13.8 Å². The first-order chi connectivity index (χ1) is 15.7. The molecule has 3 nitrogen and oxygen atoms in total. The van der Waals surface area contributed by atoms with E-state index in [1.54, 1.807) is 12.1 Å². The normalized spacial score (nSPS) is 16.9. The van der Waals surface area contributed by atoms with E-state index in [0.717, 1.165) is 56.1 Å². The highest BCUT2D eigenvalue weighted by Gasteiger charge is 2.22. The molecule has 2 aliphatic rings. The Morgan fingerprint density at radius 3 is 1.94 bits per heavy atom. The van der Waals surface area contributed by atoms with E-state index in [1.807, 2.05) is 24.3 Å². The molecule has 1 fully saturated rings. The van der Waals surface area contributed by atoms with E-state index in [9.17, 15) is 8.78 Å². The molecule has 2 heterocycles. The second-order valence-corrected chi connectivity index (χ2v) is 8.82. The SMILES string of the molecule is Fc1ccc(-c2cc(N3CCN(c4ccc(F)cc4)CC3)nc3c2CCCCCC3)cc1. The molecule has 0 spiro atoms. The van der Waals surface area contributed by atoms with Gasteiger partial charge in [0, 0.05) is 37.6 Å². The molecule has 0 amide bonds. The molecule has 1 aliphatic heterocycles. The zero-order valence-corrected chi connectivity index (χ0v) is 18.4. The van der Waals surface area contributed by atoms with Crippen LogP contribution in [0, 0.1) is 11.6 Å². The Labute approximate surface area is 188 Å². The molecular formula is C27H29F2N3. The van der Waals surface area contributed by atoms with Crippen molar-refractivity contribution in [3.63, 3.8) is 0 Å². The molecule has 166 valence electrons. The van der Waals surface area contributed by atoms with E-state index < -0.39 is 0 Å². The predicted molar refractivity (Wildman–Crippen MR) is 126 cm³/mol. The van der Waals surface area contributed by atoms with Gasteiger partial charge in [-0.1, -0.05) is 25.0 Å². The van der Waals surface area contributed by atoms with Crippen LogP contribution in [0.4, 0.5) is 20.3 Å². The van der Waals surface area contributed by atoms with Crippen molar-refractivity contribution in [3.8, 4) is 11.1 Å². The number of fused-ring (bicyclic) bond motifs is 1. The first kappa shape index (κ1) is 20.9. The zero-order chi connectivity index (χ0) is 21.9. The van der Waals surface area contributed by atoms with E-state index >= 15 is 0 Å². The highest BCUT2D eigenvalue weighted by atomic mass is 19.1. The quantitative estimate of drug-likeness (QED) is 0.504. The van der Waals surface area contributed by atoms with Crippen LogP contribution in [0.5, 0.6) is 0 Å². The van der Waals surface area contributed by atoms with Crippen LogP contribution in [0.2, 0.25) is 0 Å². The van der Waals surface area contributed by atoms with Gasteiger partial charge in [0.05, 0.1) is 0 Å². The highest BCUT2D eigenvalue weighted by Crippen LogP contribution is 2.33. The molecule has 5 heteroatoms. The van der Waals surface area contributed by atoms with E-state index in [2.05, 4.69) is 15.9 Å². The number of nitrogens with zero attached hydrogens (tertiary/aromatic N) is 3. The Hall–Kier alpha value is -2.95. The number of hydrogen-bond donors (Lipinski definition) is 0. The van der Waals surface area contributed by atoms with Gasteiger partial charge in [0.2, 0.25) is 0 Å². The Morgan fingerprint density at radius 1 is 0.656 bits per heavy atom. The lowest BCUT2D eigenvalue weighted by Crippen LogP contribution is -2.47. The average molecular weight is 434 g/mol. The number of halogens is 2. The standard InChI is InChI=1S/C27H29F2N3/c28-21-9-7-20(8-10-21)25-19-27(30-26-6-4-2-1-3-5-24(25)26)32-17-15-31(16-18-32)23-13-11-22(29)12-14-23/h7-14,19H,1-6,15-18H2. The van der Waals surface area contributed by atoms with Crippen LogP contribution in [0.3, 0.4) is 0 Å². The van der Waals surface area contributed by atoms with Gasteiger partial charge >= 0.3 is 0 Å². The fourth-order valence-corrected chi connectivity index (χ4v) is 4.94. The lowest BCUT2D eigenvalue weighted by molar-refractivity contribution is 0.605. The molecule has 1 saturated heterocycles. The summed E-state index contributed by atoms with van der Waals surface area (Å²) in [6, 6.07) is 15.8. The number of aromatic nitrogens is 1. The van der Waals surface area contributed by atoms with E-state index in [4.69, 9.17) is 4.98 Å². The van der Waals surface area contributed by atoms with Crippen molar-refractivity contribution < 1.29 is 8.78 Å². The Bertz CT molecular complexity index is 1060. The Balaban J connectivity index is 1.43. The molecule has 0 radical (unpaired) electrons. The smallest absolute Gasteiger partial charge is 0.129 e. The molecule has 0 N–H and O–H groups in total. The topological polar surface area (TPSA) is 19.4 Å². The van der Waals surface area contributed by atoms with Crippen LogP contribution in [0.1, 0.15) is 36.9 Å². The maximum absolute atomic E-state index is 13.6. The average Bonchev–Trinajstić information content (AvgIpc) is 2.80. The fourth-order valence-electron chi connectivity index (χ4n) is 4.94. The molecule has 0 saturated carbocycles. The number of aryl methyl sites for hydroxylation is 1. The van der Waals surface area contributed by atoms with Gasteiger partial charge in [-0.15, -0.1) is 0 Å². The van der Waals surface area contributed by atoms with Gasteiger partial charge in [0.25, 0.3) is 0 Å². The molecule has 0 bridgehead atoms. The Kier molecular flexibility index (Phi) is 6.06. The largest absolute Gasteiger partial charge is 0.368 e. The van der Waals surface area contributed by atoms with Crippen LogP contribution >= 0.6 is 0 Å². The summed E-state index contributed by atoms with van der Waals surface area (Å²) in [6.07, 6.45) is 6.91. The van der Waals surface area contributed by atoms with Crippen LogP contribution in [0.15, 0.2) is 54.6 Å². The van der Waals surface area contributed by atoms with Crippen molar-refractivity contribution in [2.75, 3.05) is 36.0 Å². The molecule has 3 aromatic rings. The first-order valence-electron chi connectivity index (χ1n) is 11.7. The molecule has 32 heavy (non-hydrogen) atoms. The van der Waals surface area contributed by atoms with Crippen molar-refractivity contribution in [2.45, 2.75) is 38.5 Å². The maximum atomic E-state index is 13.6. The van der Waals surface area contributed by atoms with Crippen molar-refractivity contribution in [2.24, 2.45) is 0 Å². The van der Waals surface area contributed by atoms with Gasteiger partial charge in [-0.2, -0.15) is 0 Å². The molecule has 0 unspecified atom stereocenters. The van der Waals surface area contributed by atoms with Crippen LogP contribution in [-0.4, -0.2) is 31.2 Å². The van der Waals surface area contributed by atoms with Gasteiger partial charge in [-0.05, 0) is 84.8 Å². The summed E-state index contributed by atoms with van der Waals surface area (Å²) >= 11 is 0. The monoisotopic (exact) mass is 433 g/mol. The molecule has 1 aliphatic carbocycles. The van der Waals surface area contributed by atoms with E-state index in [1.165, 1.54) is 54.6 Å². The minimum absolute atomic E-state index is 0.203. The molecule has 2 aromatic carbocycles. The zero-order valence-electron chi connectivity index (χ0n) is 18.4. The summed E-state index contributed by atoms with van der Waals surface area (Å²) in [6.45, 7) is 3.48. The number of hydrogen-bond acceptors (Lipinski definition) is 3. The van der Waals surface area contributed by atoms with Crippen LogP contribution in [0.25, 0.3) is 11.1 Å². The van der Waals surface area contributed by atoms with E-state index in [-0.39, 0.29) is 11.6 Å². The lowest BCUT2D eigenvalue weighted by atomic mass is 9.90. The summed E-state index contributed by atoms with van der Waals surface area (Å²) in [4.78, 5) is 9.78. The number of piperazine rings is 1. The highest BCUT2D eigenvalue weighted by molar-refractivity contribution is 5.72. The summed E-state index contributed by atoms with van der Waals surface area (Å²) < 4.78 is 26.9. The summed E-state index contributed by atoms with van der Waals surface area (Å²) in [5.74, 6) is 0.607. The minimum atomic E-state index is -0.206. The van der Waals surface area contributed by atoms with Crippen molar-refractivity contribution >= 4 is 11.5 Å². The van der Waals surface area contributed by atoms with Gasteiger partial charge < -0.3 is 9.80 Å². The Morgan fingerprint density at radius 2 is 1.25 bits per heavy atom. The number of rotatable bonds is 3. The van der Waals surface area contributed by atoms with Crippen LogP contribution < -0.4 is 9.80 Å². The van der Waals surface area contributed by atoms with Crippen LogP contribution in [-0.2, 0) is 12.8 Å². The third-order valence-electron chi connectivity index (χ3n) is 6.74. The number of anilines is 2. The molecule has 5 rings (SSSR count). The number of benzene rings is 2. The lowest BCUT2D eigenvalue weighted by Gasteiger charge is -2.37. The molecule has 1 aromatic heterocycles. The third kappa shape index (κ3) is 4.47. The van der Waals surface area contributed by atoms with Crippen molar-refractivity contribution in [1.82, 2.24) is 4.98 Å². The maximum Gasteiger partial charge on any atom is 0.129 e. The second kappa shape index (κ2) is 9.27. The van der Waals surface area contributed by atoms with Gasteiger partial charge in [-0.3, -0.25) is 0 Å². The molecular weight excluding hydrogens is 404 g/mol. The van der Waals surface area contributed by atoms with Crippen molar-refractivity contribution in [3.05, 3.63) is 77.5 Å². The summed E-state index contributed by atoms with van der Waals surface area (Å²) in [5, 5.41) is 0. The summed E-state index contributed by atoms with van der Waals surface area (Å²) in [5.41, 5.74) is 5.88. The van der Waals surface area contributed by atoms with Crippen molar-refractivity contribution in [1.29, 1.82) is 0 Å². The first-order valence-corrected chi connectivity index (χ1v) is 11.7. The van der Waals surface area contributed by atoms with E-state index in [0.29, 0.717) is 0 Å². The fraction of sp³-hybridized carbons (Fsp3) is 0.370. The number of pyridine rings is 1. The summed E-state index contributed by atoms with van der Waals surface area (Å²) in [7, 11) is 0. The predicted octanol–water partition coefficient (Wildman–Crippen LogP) is 6.01. The molecule has 0 atom stereocenters. The van der Waals surface area contributed by atoms with Gasteiger partial charge in [0.15, 0.2) is 0 Å². The third-order valence-corrected chi connectivity index (χ3v) is 6.74. The van der Waals surface area contributed by atoms with Gasteiger partial charge in [0.1, 0.15) is 17.5 Å². The minimum Gasteiger partial charge on any atom is -0.368 e.